The van der Waals surface area contributed by atoms with Crippen LogP contribution < -0.4 is 0 Å². The van der Waals surface area contributed by atoms with Gasteiger partial charge in [-0.2, -0.15) is 0 Å². The topological polar surface area (TPSA) is 37.4 Å². The lowest BCUT2D eigenvalue weighted by Crippen LogP contribution is -2.53. The molecule has 1 heterocycles. The molecule has 1 aliphatic carbocycles. The molecular weight excluding hydrogens is 490 g/mol. The number of nitrogens with zero attached hydrogens (tertiary/aromatic N) is 1. The van der Waals surface area contributed by atoms with Crippen LogP contribution in [0.1, 0.15) is 137 Å². The number of carbonyl (C=O) groups is 2. The molecule has 1 aliphatic heterocycles. The number of carbonyl (C=O) groups excluding carboxylic acids is 2. The molecular formula is C37H59NO2. The van der Waals surface area contributed by atoms with E-state index in [1.165, 1.54) is 34.4 Å². The van der Waals surface area contributed by atoms with Crippen molar-refractivity contribution >= 4 is 11.8 Å². The molecule has 3 heteroatoms. The van der Waals surface area contributed by atoms with E-state index in [1.807, 2.05) is 0 Å². The van der Waals surface area contributed by atoms with Gasteiger partial charge in [0.25, 0.3) is 11.8 Å². The largest absolute Gasteiger partial charge is 0.269 e. The minimum atomic E-state index is -0.237. The Morgan fingerprint density at radius 3 is 1.48 bits per heavy atom. The summed E-state index contributed by atoms with van der Waals surface area (Å²) in [4.78, 5) is 28.9. The molecule has 2 amide bonds. The molecule has 1 aromatic carbocycles. The highest BCUT2D eigenvalue weighted by molar-refractivity contribution is 6.13. The normalized spacial score (nSPS) is 20.1. The van der Waals surface area contributed by atoms with Crippen LogP contribution in [0.3, 0.4) is 0 Å². The summed E-state index contributed by atoms with van der Waals surface area (Å²) >= 11 is 0. The van der Waals surface area contributed by atoms with E-state index >= 15 is 0 Å². The molecule has 1 aromatic rings. The molecule has 224 valence electrons. The molecule has 0 saturated carbocycles. The summed E-state index contributed by atoms with van der Waals surface area (Å²) in [7, 11) is 0. The molecule has 3 rings (SSSR count). The molecule has 0 bridgehead atoms. The molecule has 0 spiro atoms. The minimum Gasteiger partial charge on any atom is -0.269 e. The van der Waals surface area contributed by atoms with Gasteiger partial charge in [-0.3, -0.25) is 14.5 Å². The van der Waals surface area contributed by atoms with Crippen LogP contribution >= 0.6 is 0 Å². The fraction of sp³-hybridized carbons (Fsp3) is 0.730. The second kappa shape index (κ2) is 12.5. The van der Waals surface area contributed by atoms with E-state index in [4.69, 9.17) is 0 Å². The number of hydrogen-bond acceptors (Lipinski definition) is 2. The van der Waals surface area contributed by atoms with Crippen molar-refractivity contribution in [3.63, 3.8) is 0 Å². The predicted molar refractivity (Wildman–Crippen MR) is 169 cm³/mol. The Balaban J connectivity index is 2.60. The Morgan fingerprint density at radius 1 is 0.625 bits per heavy atom. The lowest BCUT2D eigenvalue weighted by Gasteiger charge is -2.55. The number of imide groups is 1. The van der Waals surface area contributed by atoms with Gasteiger partial charge in [0.15, 0.2) is 0 Å². The van der Waals surface area contributed by atoms with Gasteiger partial charge in [0.2, 0.25) is 0 Å². The third kappa shape index (κ3) is 6.14. The second-order valence-electron chi connectivity index (χ2n) is 15.8. The van der Waals surface area contributed by atoms with Crippen LogP contribution in [0.25, 0.3) is 0 Å². The Bertz CT molecular complexity index is 1050. The van der Waals surface area contributed by atoms with Gasteiger partial charge in [-0.1, -0.05) is 95.2 Å². The van der Waals surface area contributed by atoms with Crippen LogP contribution in [-0.4, -0.2) is 16.7 Å². The summed E-state index contributed by atoms with van der Waals surface area (Å²) in [6.07, 6.45) is 9.26. The Hall–Kier alpha value is -1.90. The number of hydrogen-bond donors (Lipinski definition) is 0. The quantitative estimate of drug-likeness (QED) is 0.230. The van der Waals surface area contributed by atoms with E-state index in [-0.39, 0.29) is 28.7 Å². The van der Waals surface area contributed by atoms with Crippen molar-refractivity contribution in [1.29, 1.82) is 0 Å². The molecule has 1 atom stereocenters. The molecule has 0 radical (unpaired) electrons. The Kier molecular flexibility index (Phi) is 10.2. The highest BCUT2D eigenvalue weighted by Crippen LogP contribution is 2.70. The van der Waals surface area contributed by atoms with Crippen LogP contribution in [0, 0.1) is 40.9 Å². The standard InChI is InChI=1S/C37H59NO2/c1-23(2)17-29-13-14-30-34(31(29)18-24(3)4)36(19-25(5)6,20-26(7)8)37(21-27(9)10,22-28(11)12)35(30)38-32(39)15-16-33(38)40/h13-16,23-28,35H,17-22H2,1-12H3/t35-/m1/s1. The molecule has 40 heavy (non-hydrogen) atoms. The fourth-order valence-corrected chi connectivity index (χ4v) is 8.88. The maximum atomic E-state index is 13.6. The summed E-state index contributed by atoms with van der Waals surface area (Å²) < 4.78 is 0. The average molecular weight is 550 g/mol. The number of amides is 2. The maximum absolute atomic E-state index is 13.6. The SMILES string of the molecule is CC(C)Cc1ccc2c(c1CC(C)C)C(CC(C)C)(CC(C)C)C(CC(C)C)(CC(C)C)[C@@H]2N1C(=O)C=CC1=O. The zero-order valence-corrected chi connectivity index (χ0v) is 27.9. The smallest absolute Gasteiger partial charge is 0.254 e. The van der Waals surface area contributed by atoms with E-state index in [2.05, 4.69) is 95.2 Å². The summed E-state index contributed by atoms with van der Waals surface area (Å²) in [5.74, 6) is 2.68. The third-order valence-electron chi connectivity index (χ3n) is 9.09. The van der Waals surface area contributed by atoms with E-state index < -0.39 is 0 Å². The highest BCUT2D eigenvalue weighted by atomic mass is 16.2. The number of benzene rings is 1. The lowest BCUT2D eigenvalue weighted by atomic mass is 9.51. The first-order valence-corrected chi connectivity index (χ1v) is 16.3. The van der Waals surface area contributed by atoms with Crippen LogP contribution in [0.5, 0.6) is 0 Å². The van der Waals surface area contributed by atoms with Crippen molar-refractivity contribution in [2.24, 2.45) is 40.9 Å². The first-order valence-electron chi connectivity index (χ1n) is 16.3. The summed E-state index contributed by atoms with van der Waals surface area (Å²) in [5.41, 5.74) is 5.42. The molecule has 0 unspecified atom stereocenters. The van der Waals surface area contributed by atoms with Crippen molar-refractivity contribution in [2.75, 3.05) is 0 Å². The highest BCUT2D eigenvalue weighted by Gasteiger charge is 2.65. The molecule has 0 N–H and O–H groups in total. The molecule has 0 fully saturated rings. The van der Waals surface area contributed by atoms with Crippen LogP contribution in [0.4, 0.5) is 0 Å². The fourth-order valence-electron chi connectivity index (χ4n) is 8.88. The van der Waals surface area contributed by atoms with E-state index in [1.54, 1.807) is 4.90 Å². The van der Waals surface area contributed by atoms with E-state index in [9.17, 15) is 9.59 Å². The zero-order chi connectivity index (χ0) is 30.2. The number of fused-ring (bicyclic) bond motifs is 1. The maximum Gasteiger partial charge on any atom is 0.254 e. The zero-order valence-electron chi connectivity index (χ0n) is 27.9. The summed E-state index contributed by atoms with van der Waals surface area (Å²) in [6, 6.07) is 4.47. The molecule has 0 aromatic heterocycles. The van der Waals surface area contributed by atoms with Gasteiger partial charge in [0.1, 0.15) is 0 Å². The molecule has 2 aliphatic rings. The Labute approximate surface area is 246 Å². The van der Waals surface area contributed by atoms with Crippen molar-refractivity contribution in [2.45, 2.75) is 133 Å². The second-order valence-corrected chi connectivity index (χ2v) is 15.8. The van der Waals surface area contributed by atoms with E-state index in [0.717, 1.165) is 38.5 Å². The van der Waals surface area contributed by atoms with Crippen LogP contribution in [0.2, 0.25) is 0 Å². The van der Waals surface area contributed by atoms with Gasteiger partial charge >= 0.3 is 0 Å². The van der Waals surface area contributed by atoms with Gasteiger partial charge in [0, 0.05) is 23.0 Å². The van der Waals surface area contributed by atoms with Gasteiger partial charge < -0.3 is 0 Å². The third-order valence-corrected chi connectivity index (χ3v) is 9.09. The predicted octanol–water partition coefficient (Wildman–Crippen LogP) is 9.47. The lowest BCUT2D eigenvalue weighted by molar-refractivity contribution is -0.146. The van der Waals surface area contributed by atoms with Crippen molar-refractivity contribution < 1.29 is 9.59 Å². The van der Waals surface area contributed by atoms with Crippen molar-refractivity contribution in [1.82, 2.24) is 4.90 Å². The monoisotopic (exact) mass is 549 g/mol. The van der Waals surface area contributed by atoms with Gasteiger partial charge in [-0.25, -0.2) is 0 Å². The van der Waals surface area contributed by atoms with Crippen LogP contribution in [-0.2, 0) is 27.8 Å². The molecule has 3 nitrogen and oxygen atoms in total. The first kappa shape index (κ1) is 32.6. The molecule has 0 saturated heterocycles. The first-order chi connectivity index (χ1) is 18.6. The minimum absolute atomic E-state index is 0.121. The van der Waals surface area contributed by atoms with Gasteiger partial charge in [0.05, 0.1) is 6.04 Å². The van der Waals surface area contributed by atoms with Crippen molar-refractivity contribution in [3.8, 4) is 0 Å². The average Bonchev–Trinajstić information content (AvgIpc) is 3.19. The Morgan fingerprint density at radius 2 is 1.07 bits per heavy atom. The summed E-state index contributed by atoms with van der Waals surface area (Å²) in [5, 5.41) is 0. The van der Waals surface area contributed by atoms with E-state index in [0.29, 0.717) is 35.5 Å². The van der Waals surface area contributed by atoms with Gasteiger partial charge in [-0.15, -0.1) is 0 Å². The summed E-state index contributed by atoms with van der Waals surface area (Å²) in [6.45, 7) is 28.2. The van der Waals surface area contributed by atoms with Gasteiger partial charge in [-0.05, 0) is 96.3 Å². The van der Waals surface area contributed by atoms with Crippen molar-refractivity contribution in [3.05, 3.63) is 46.5 Å². The number of rotatable bonds is 13. The van der Waals surface area contributed by atoms with Crippen LogP contribution in [0.15, 0.2) is 24.3 Å².